The number of benzene rings is 2. The highest BCUT2D eigenvalue weighted by atomic mass is 16.3. The summed E-state index contributed by atoms with van der Waals surface area (Å²) >= 11 is 0. The van der Waals surface area contributed by atoms with E-state index in [2.05, 4.69) is 35.5 Å². The maximum Gasteiger partial charge on any atom is 0.404 e. The van der Waals surface area contributed by atoms with Gasteiger partial charge in [-0.25, -0.2) is 4.57 Å². The molecule has 3 aromatic heterocycles. The zero-order chi connectivity index (χ0) is 27.5. The Morgan fingerprint density at radius 3 is 1.90 bits per heavy atom. The number of rotatable bonds is 10. The van der Waals surface area contributed by atoms with E-state index < -0.39 is 12.2 Å². The highest BCUT2D eigenvalue weighted by molar-refractivity contribution is 5.93. The third-order valence-electron chi connectivity index (χ3n) is 6.84. The highest BCUT2D eigenvalue weighted by Crippen LogP contribution is 2.32. The molecule has 0 saturated heterocycles. The molecule has 5 aromatic rings. The number of hydrogen-bond acceptors (Lipinski definition) is 7. The van der Waals surface area contributed by atoms with Gasteiger partial charge in [-0.2, -0.15) is 0 Å². The van der Waals surface area contributed by atoms with E-state index in [1.165, 1.54) is 0 Å². The lowest BCUT2D eigenvalue weighted by atomic mass is 10.2. The van der Waals surface area contributed by atoms with Crippen LogP contribution in [0.4, 0.5) is 23.3 Å². The van der Waals surface area contributed by atoms with Crippen LogP contribution in [0.2, 0.25) is 0 Å². The SMILES string of the molecule is CCC(O)Cn1nc(N=Nc2c(C)[nH]c3ccccc23)[n+](CC(O)CC)c1N=Nc1c(C)[nH]c2ccccc12. The van der Waals surface area contributed by atoms with E-state index >= 15 is 0 Å². The smallest absolute Gasteiger partial charge is 0.390 e. The molecule has 0 radical (unpaired) electrons. The van der Waals surface area contributed by atoms with Crippen molar-refractivity contribution in [2.45, 2.75) is 65.8 Å². The second kappa shape index (κ2) is 11.3. The molecule has 5 rings (SSSR count). The van der Waals surface area contributed by atoms with Gasteiger partial charge in [-0.3, -0.25) is 0 Å². The van der Waals surface area contributed by atoms with Crippen molar-refractivity contribution in [3.8, 4) is 0 Å². The number of aromatic amines is 2. The molecular weight excluding hydrogens is 494 g/mol. The largest absolute Gasteiger partial charge is 0.404 e. The number of H-pyrrole nitrogens is 2. The number of aryl methyl sites for hydroxylation is 2. The standard InChI is InChI=1S/C28H33N9O2/c1-5-19(38)15-36-27(33-31-25-17(3)29-23-13-9-7-11-21(23)25)35-37(16-20(39)6-2)28(36)34-32-26-18(4)30-24-14-10-8-12-22(24)26/h7-14,19-20,38-39H,5-6,15-16H2,1-4H3,(H,29,33,35)/p+1. The quantitative estimate of drug-likeness (QED) is 0.128. The summed E-state index contributed by atoms with van der Waals surface area (Å²) in [4.78, 5) is 6.67. The molecule has 2 aromatic carbocycles. The average molecular weight is 529 g/mol. The summed E-state index contributed by atoms with van der Waals surface area (Å²) in [6.45, 7) is 8.10. The molecule has 3 heterocycles. The molecule has 0 spiro atoms. The maximum absolute atomic E-state index is 10.6. The molecule has 0 fully saturated rings. The van der Waals surface area contributed by atoms with Gasteiger partial charge in [0.1, 0.15) is 17.9 Å². The number of aromatic nitrogens is 5. The Hall–Kier alpha value is -4.22. The van der Waals surface area contributed by atoms with Crippen LogP contribution in [0.25, 0.3) is 21.8 Å². The fourth-order valence-corrected chi connectivity index (χ4v) is 4.54. The first-order valence-electron chi connectivity index (χ1n) is 13.2. The van der Waals surface area contributed by atoms with Crippen LogP contribution in [-0.4, -0.2) is 42.2 Å². The molecule has 11 heteroatoms. The van der Waals surface area contributed by atoms with E-state index in [1.54, 1.807) is 9.25 Å². The van der Waals surface area contributed by atoms with Crippen LogP contribution in [0.1, 0.15) is 38.1 Å². The lowest BCUT2D eigenvalue weighted by Crippen LogP contribution is -2.39. The summed E-state index contributed by atoms with van der Waals surface area (Å²) in [5.41, 5.74) is 5.14. The Balaban J connectivity index is 1.63. The zero-order valence-corrected chi connectivity index (χ0v) is 22.6. The molecule has 0 bridgehead atoms. The van der Waals surface area contributed by atoms with Crippen molar-refractivity contribution in [1.29, 1.82) is 0 Å². The van der Waals surface area contributed by atoms with Gasteiger partial charge in [0.2, 0.25) is 0 Å². The van der Waals surface area contributed by atoms with Crippen molar-refractivity contribution in [2.24, 2.45) is 20.5 Å². The van der Waals surface area contributed by atoms with E-state index in [9.17, 15) is 10.2 Å². The predicted molar refractivity (Wildman–Crippen MR) is 149 cm³/mol. The van der Waals surface area contributed by atoms with Crippen LogP contribution in [0.5, 0.6) is 0 Å². The monoisotopic (exact) mass is 528 g/mol. The predicted octanol–water partition coefficient (Wildman–Crippen LogP) is 6.12. The van der Waals surface area contributed by atoms with Crippen molar-refractivity contribution < 1.29 is 14.8 Å². The zero-order valence-electron chi connectivity index (χ0n) is 22.6. The number of aliphatic hydroxyl groups excluding tert-OH is 2. The number of hydrogen-bond donors (Lipinski definition) is 4. The second-order valence-electron chi connectivity index (χ2n) is 9.71. The van der Waals surface area contributed by atoms with Crippen LogP contribution >= 0.6 is 0 Å². The van der Waals surface area contributed by atoms with Crippen LogP contribution < -0.4 is 4.57 Å². The Bertz CT molecular complexity index is 1660. The molecular formula is C28H34N9O2+. The first-order valence-corrected chi connectivity index (χ1v) is 13.2. The lowest BCUT2D eigenvalue weighted by Gasteiger charge is -2.07. The molecule has 0 saturated carbocycles. The van der Waals surface area contributed by atoms with Gasteiger partial charge in [-0.15, -0.1) is 4.68 Å². The van der Waals surface area contributed by atoms with E-state index in [4.69, 9.17) is 0 Å². The normalized spacial score (nSPS) is 13.9. The van der Waals surface area contributed by atoms with Gasteiger partial charge in [0.25, 0.3) is 0 Å². The molecule has 0 amide bonds. The van der Waals surface area contributed by atoms with Gasteiger partial charge < -0.3 is 20.2 Å². The molecule has 4 N–H and O–H groups in total. The summed E-state index contributed by atoms with van der Waals surface area (Å²) in [6.07, 6.45) is -0.220. The van der Waals surface area contributed by atoms with E-state index in [-0.39, 0.29) is 19.0 Å². The minimum absolute atomic E-state index is 0.196. The Labute approximate surface area is 225 Å². The fraction of sp³-hybridized carbons (Fsp3) is 0.357. The summed E-state index contributed by atoms with van der Waals surface area (Å²) in [5, 5.41) is 45.9. The maximum atomic E-state index is 10.6. The van der Waals surface area contributed by atoms with Crippen LogP contribution in [-0.2, 0) is 13.1 Å². The number of nitrogens with one attached hydrogen (secondary N) is 2. The van der Waals surface area contributed by atoms with Crippen molar-refractivity contribution in [1.82, 2.24) is 19.7 Å². The number of azo groups is 2. The van der Waals surface area contributed by atoms with Gasteiger partial charge >= 0.3 is 11.9 Å². The Morgan fingerprint density at radius 2 is 1.33 bits per heavy atom. The van der Waals surface area contributed by atoms with E-state index in [0.29, 0.717) is 24.5 Å². The van der Waals surface area contributed by atoms with Gasteiger partial charge in [0.05, 0.1) is 18.8 Å². The second-order valence-corrected chi connectivity index (χ2v) is 9.71. The summed E-state index contributed by atoms with van der Waals surface area (Å²) in [7, 11) is 0. The van der Waals surface area contributed by atoms with Gasteiger partial charge in [-0.05, 0) is 49.1 Å². The molecule has 0 aliphatic rings. The third-order valence-corrected chi connectivity index (χ3v) is 6.84. The lowest BCUT2D eigenvalue weighted by molar-refractivity contribution is -0.679. The molecule has 11 nitrogen and oxygen atoms in total. The summed E-state index contributed by atoms with van der Waals surface area (Å²) in [5.74, 6) is 0.629. The minimum atomic E-state index is -0.656. The van der Waals surface area contributed by atoms with Crippen molar-refractivity contribution >= 4 is 45.1 Å². The minimum Gasteiger partial charge on any atom is -0.390 e. The van der Waals surface area contributed by atoms with Crippen LogP contribution in [0.15, 0.2) is 69.0 Å². The number of para-hydroxylation sites is 2. The van der Waals surface area contributed by atoms with E-state index in [1.807, 2.05) is 76.2 Å². The highest BCUT2D eigenvalue weighted by Gasteiger charge is 2.28. The van der Waals surface area contributed by atoms with Gasteiger partial charge in [0.15, 0.2) is 0 Å². The molecule has 0 aliphatic carbocycles. The molecule has 2 unspecified atom stereocenters. The van der Waals surface area contributed by atoms with Crippen molar-refractivity contribution in [3.05, 3.63) is 59.9 Å². The van der Waals surface area contributed by atoms with Crippen molar-refractivity contribution in [3.63, 3.8) is 0 Å². The third kappa shape index (κ3) is 5.36. The number of aliphatic hydroxyl groups is 2. The van der Waals surface area contributed by atoms with Crippen molar-refractivity contribution in [2.75, 3.05) is 0 Å². The molecule has 39 heavy (non-hydrogen) atoms. The molecule has 0 aliphatic heterocycles. The molecule has 202 valence electrons. The summed E-state index contributed by atoms with van der Waals surface area (Å²) < 4.78 is 3.29. The molecule has 2 atom stereocenters. The van der Waals surface area contributed by atoms with Gasteiger partial charge in [-0.1, -0.05) is 60.5 Å². The van der Waals surface area contributed by atoms with Crippen LogP contribution in [0.3, 0.4) is 0 Å². The average Bonchev–Trinajstić information content (AvgIpc) is 3.55. The van der Waals surface area contributed by atoms with Gasteiger partial charge in [0, 0.05) is 38.3 Å². The topological polar surface area (TPSA) is 143 Å². The first kappa shape index (κ1) is 26.4. The number of fused-ring (bicyclic) bond motifs is 2. The summed E-state index contributed by atoms with van der Waals surface area (Å²) in [6, 6.07) is 15.8. The fourth-order valence-electron chi connectivity index (χ4n) is 4.54. The Kier molecular flexibility index (Phi) is 7.62. The number of nitrogens with zero attached hydrogens (tertiary/aromatic N) is 7. The van der Waals surface area contributed by atoms with E-state index in [0.717, 1.165) is 38.9 Å². The van der Waals surface area contributed by atoms with Crippen LogP contribution in [0, 0.1) is 13.8 Å². The Morgan fingerprint density at radius 1 is 0.795 bits per heavy atom. The first-order chi connectivity index (χ1) is 18.9.